The second kappa shape index (κ2) is 4.96. The smallest absolute Gasteiger partial charge is 0.307 e. The molecule has 2 aromatic heterocycles. The molecule has 0 fully saturated rings. The van der Waals surface area contributed by atoms with Crippen molar-refractivity contribution < 1.29 is 12.9 Å². The molecule has 0 aliphatic carbocycles. The topological polar surface area (TPSA) is 94.2 Å². The summed E-state index contributed by atoms with van der Waals surface area (Å²) >= 11 is 1.06. The van der Waals surface area contributed by atoms with E-state index in [1.165, 1.54) is 4.57 Å². The fourth-order valence-corrected chi connectivity index (χ4v) is 4.56. The van der Waals surface area contributed by atoms with Crippen LogP contribution in [0.5, 0.6) is 0 Å². The van der Waals surface area contributed by atoms with E-state index in [0.29, 0.717) is 16.1 Å². The van der Waals surface area contributed by atoms with Crippen LogP contribution in [0.15, 0.2) is 32.4 Å². The van der Waals surface area contributed by atoms with Crippen molar-refractivity contribution in [1.82, 2.24) is 9.72 Å². The number of anilines is 1. The van der Waals surface area contributed by atoms with E-state index >= 15 is 0 Å². The molecule has 0 aliphatic rings. The highest BCUT2D eigenvalue weighted by molar-refractivity contribution is 7.92. The number of thiazole rings is 1. The third-order valence-electron chi connectivity index (χ3n) is 3.28. The highest BCUT2D eigenvalue weighted by Crippen LogP contribution is 2.25. The lowest BCUT2D eigenvalue weighted by atomic mass is 10.3. The van der Waals surface area contributed by atoms with Crippen LogP contribution in [0.25, 0.3) is 10.2 Å². The van der Waals surface area contributed by atoms with Gasteiger partial charge in [-0.05, 0) is 32.0 Å². The van der Waals surface area contributed by atoms with Crippen LogP contribution in [-0.2, 0) is 17.1 Å². The maximum atomic E-state index is 12.4. The molecular weight excluding hydrogens is 326 g/mol. The Morgan fingerprint density at radius 3 is 2.68 bits per heavy atom. The lowest BCUT2D eigenvalue weighted by Crippen LogP contribution is -2.14. The quantitative estimate of drug-likeness (QED) is 0.787. The lowest BCUT2D eigenvalue weighted by Gasteiger charge is -2.07. The number of rotatable bonds is 3. The normalized spacial score (nSPS) is 12.0. The Balaban J connectivity index is 2.04. The zero-order chi connectivity index (χ0) is 16.1. The van der Waals surface area contributed by atoms with Crippen LogP contribution in [0.4, 0.5) is 5.69 Å². The standard InChI is InChI=1S/C13H13N3O4S2/c1-7-12(8(2)20-14-7)22(18,19)15-9-4-5-10-11(6-9)21-13(17)16(10)3/h4-6,15H,1-3H3. The summed E-state index contributed by atoms with van der Waals surface area (Å²) in [6, 6.07) is 4.96. The predicted molar refractivity (Wildman–Crippen MR) is 83.9 cm³/mol. The molecular formula is C13H13N3O4S2. The summed E-state index contributed by atoms with van der Waals surface area (Å²) in [5, 5.41) is 3.65. The average molecular weight is 339 g/mol. The van der Waals surface area contributed by atoms with E-state index in [9.17, 15) is 13.2 Å². The van der Waals surface area contributed by atoms with Gasteiger partial charge in [0.15, 0.2) is 10.7 Å². The van der Waals surface area contributed by atoms with Crippen LogP contribution in [0.2, 0.25) is 0 Å². The maximum Gasteiger partial charge on any atom is 0.307 e. The van der Waals surface area contributed by atoms with Crippen LogP contribution >= 0.6 is 11.3 Å². The molecule has 9 heteroatoms. The molecule has 0 radical (unpaired) electrons. The first kappa shape index (κ1) is 14.8. The molecule has 0 spiro atoms. The van der Waals surface area contributed by atoms with Gasteiger partial charge in [0, 0.05) is 7.05 Å². The van der Waals surface area contributed by atoms with Crippen molar-refractivity contribution in [1.29, 1.82) is 0 Å². The van der Waals surface area contributed by atoms with Gasteiger partial charge in [0.1, 0.15) is 5.69 Å². The van der Waals surface area contributed by atoms with Crippen molar-refractivity contribution in [2.75, 3.05) is 4.72 Å². The molecule has 7 nitrogen and oxygen atoms in total. The van der Waals surface area contributed by atoms with E-state index < -0.39 is 10.0 Å². The minimum Gasteiger partial charge on any atom is -0.360 e. The molecule has 0 aliphatic heterocycles. The summed E-state index contributed by atoms with van der Waals surface area (Å²) in [4.78, 5) is 11.6. The summed E-state index contributed by atoms with van der Waals surface area (Å²) in [6.07, 6.45) is 0. The monoisotopic (exact) mass is 339 g/mol. The second-order valence-electron chi connectivity index (χ2n) is 4.87. The number of aryl methyl sites for hydroxylation is 3. The zero-order valence-corrected chi connectivity index (χ0v) is 13.7. The summed E-state index contributed by atoms with van der Waals surface area (Å²) in [7, 11) is -2.11. The average Bonchev–Trinajstić information content (AvgIpc) is 2.90. The fraction of sp³-hybridized carbons (Fsp3) is 0.231. The predicted octanol–water partition coefficient (Wildman–Crippen LogP) is 2.01. The fourth-order valence-electron chi connectivity index (χ4n) is 2.26. The van der Waals surface area contributed by atoms with Gasteiger partial charge >= 0.3 is 4.87 Å². The van der Waals surface area contributed by atoms with E-state index in [1.807, 2.05) is 0 Å². The molecule has 0 bridgehead atoms. The van der Waals surface area contributed by atoms with Crippen molar-refractivity contribution >= 4 is 37.3 Å². The summed E-state index contributed by atoms with van der Waals surface area (Å²) in [5.74, 6) is 0.232. The first-order valence-electron chi connectivity index (χ1n) is 6.35. The molecule has 0 saturated heterocycles. The van der Waals surface area contributed by atoms with E-state index in [2.05, 4.69) is 9.88 Å². The summed E-state index contributed by atoms with van der Waals surface area (Å²) in [6.45, 7) is 3.11. The minimum absolute atomic E-state index is 0.0360. The van der Waals surface area contributed by atoms with Gasteiger partial charge in [-0.3, -0.25) is 9.52 Å². The first-order chi connectivity index (χ1) is 10.3. The molecule has 0 unspecified atom stereocenters. The Bertz CT molecular complexity index is 1010. The van der Waals surface area contributed by atoms with Crippen molar-refractivity contribution in [3.8, 4) is 0 Å². The number of fused-ring (bicyclic) bond motifs is 1. The minimum atomic E-state index is -3.79. The van der Waals surface area contributed by atoms with Gasteiger partial charge in [-0.1, -0.05) is 16.5 Å². The molecule has 0 atom stereocenters. The van der Waals surface area contributed by atoms with Gasteiger partial charge in [0.05, 0.1) is 15.9 Å². The molecule has 0 saturated carbocycles. The van der Waals surface area contributed by atoms with Gasteiger partial charge in [0.2, 0.25) is 0 Å². The number of benzene rings is 1. The van der Waals surface area contributed by atoms with Crippen molar-refractivity contribution in [2.24, 2.45) is 7.05 Å². The molecule has 2 heterocycles. The molecule has 1 aromatic carbocycles. The van der Waals surface area contributed by atoms with Crippen LogP contribution in [0.3, 0.4) is 0 Å². The van der Waals surface area contributed by atoms with Gasteiger partial charge in [0.25, 0.3) is 10.0 Å². The molecule has 22 heavy (non-hydrogen) atoms. The van der Waals surface area contributed by atoms with Crippen LogP contribution in [0.1, 0.15) is 11.5 Å². The van der Waals surface area contributed by atoms with E-state index in [1.54, 1.807) is 39.1 Å². The lowest BCUT2D eigenvalue weighted by molar-refractivity contribution is 0.390. The van der Waals surface area contributed by atoms with Gasteiger partial charge < -0.3 is 9.09 Å². The Morgan fingerprint density at radius 1 is 1.32 bits per heavy atom. The second-order valence-corrected chi connectivity index (χ2v) is 7.48. The van der Waals surface area contributed by atoms with Gasteiger partial charge in [-0.25, -0.2) is 8.42 Å². The van der Waals surface area contributed by atoms with Crippen LogP contribution < -0.4 is 9.60 Å². The summed E-state index contributed by atoms with van der Waals surface area (Å²) < 4.78 is 34.5. The maximum absolute atomic E-state index is 12.4. The molecule has 3 aromatic rings. The third kappa shape index (κ3) is 2.32. The molecule has 116 valence electrons. The molecule has 0 amide bonds. The largest absolute Gasteiger partial charge is 0.360 e. The highest BCUT2D eigenvalue weighted by Gasteiger charge is 2.24. The van der Waals surface area contributed by atoms with Crippen molar-refractivity contribution in [2.45, 2.75) is 18.7 Å². The number of hydrogen-bond donors (Lipinski definition) is 1. The van der Waals surface area contributed by atoms with Gasteiger partial charge in [-0.15, -0.1) is 0 Å². The van der Waals surface area contributed by atoms with Crippen LogP contribution in [0, 0.1) is 13.8 Å². The van der Waals surface area contributed by atoms with E-state index in [4.69, 9.17) is 4.52 Å². The number of sulfonamides is 1. The Hall–Kier alpha value is -2.13. The SMILES string of the molecule is Cc1noc(C)c1S(=O)(=O)Nc1ccc2c(c1)sc(=O)n2C. The zero-order valence-electron chi connectivity index (χ0n) is 12.1. The Morgan fingerprint density at radius 2 is 2.05 bits per heavy atom. The van der Waals surface area contributed by atoms with Crippen molar-refractivity contribution in [3.05, 3.63) is 39.3 Å². The van der Waals surface area contributed by atoms with Crippen LogP contribution in [-0.4, -0.2) is 18.1 Å². The van der Waals surface area contributed by atoms with E-state index in [0.717, 1.165) is 16.9 Å². The summed E-state index contributed by atoms with van der Waals surface area (Å²) in [5.41, 5.74) is 1.44. The number of aromatic nitrogens is 2. The first-order valence-corrected chi connectivity index (χ1v) is 8.65. The molecule has 1 N–H and O–H groups in total. The number of nitrogens with zero attached hydrogens (tertiary/aromatic N) is 2. The highest BCUT2D eigenvalue weighted by atomic mass is 32.2. The Labute approximate surface area is 130 Å². The number of hydrogen-bond acceptors (Lipinski definition) is 6. The van der Waals surface area contributed by atoms with Crippen molar-refractivity contribution in [3.63, 3.8) is 0 Å². The molecule has 3 rings (SSSR count). The Kier molecular flexibility index (Phi) is 3.33. The van der Waals surface area contributed by atoms with E-state index in [-0.39, 0.29) is 15.5 Å². The third-order valence-corrected chi connectivity index (χ3v) is 5.90. The number of nitrogens with one attached hydrogen (secondary N) is 1. The van der Waals surface area contributed by atoms with Gasteiger partial charge in [-0.2, -0.15) is 0 Å².